The van der Waals surface area contributed by atoms with Gasteiger partial charge in [0.25, 0.3) is 0 Å². The molecule has 5 heteroatoms. The van der Waals surface area contributed by atoms with E-state index in [9.17, 15) is 4.79 Å². The largest absolute Gasteiger partial charge is 0.492 e. The number of benzene rings is 1. The molecule has 0 unspecified atom stereocenters. The molecule has 2 aliphatic rings. The molecule has 0 saturated carbocycles. The molecule has 0 amide bonds. The molecule has 2 heterocycles. The Morgan fingerprint density at radius 2 is 2.27 bits per heavy atom. The minimum Gasteiger partial charge on any atom is -0.492 e. The fourth-order valence-electron chi connectivity index (χ4n) is 3.63. The molecule has 1 fully saturated rings. The number of fused-ring (bicyclic) bond motifs is 3. The van der Waals surface area contributed by atoms with E-state index >= 15 is 0 Å². The second-order valence-electron chi connectivity index (χ2n) is 5.96. The van der Waals surface area contributed by atoms with Crippen LogP contribution in [-0.4, -0.2) is 36.6 Å². The fraction of sp³-hybridized carbons (Fsp3) is 0.588. The molecule has 122 valence electrons. The number of hydrogen-bond acceptors (Lipinski definition) is 4. The number of piperidine rings is 1. The van der Waals surface area contributed by atoms with Crippen LogP contribution < -0.4 is 9.47 Å². The molecule has 3 rings (SSSR count). The maximum absolute atomic E-state index is 11.1. The number of esters is 1. The van der Waals surface area contributed by atoms with E-state index in [1.165, 1.54) is 31.7 Å². The monoisotopic (exact) mass is 325 g/mol. The highest BCUT2D eigenvalue weighted by atomic mass is 35.5. The second-order valence-corrected chi connectivity index (χ2v) is 5.96. The minimum absolute atomic E-state index is 0. The average molecular weight is 326 g/mol. The third kappa shape index (κ3) is 3.39. The van der Waals surface area contributed by atoms with Gasteiger partial charge < -0.3 is 9.47 Å². The molecular formula is C17H24ClNO3. The lowest BCUT2D eigenvalue weighted by molar-refractivity contribution is -0.131. The van der Waals surface area contributed by atoms with E-state index in [0.29, 0.717) is 17.7 Å². The van der Waals surface area contributed by atoms with Crippen LogP contribution in [0.1, 0.15) is 44.6 Å². The summed E-state index contributed by atoms with van der Waals surface area (Å²) in [6.45, 7) is 6.72. The smallest absolute Gasteiger partial charge is 0.308 e. The number of ether oxygens (including phenoxy) is 2. The highest BCUT2D eigenvalue weighted by molar-refractivity contribution is 5.85. The number of carbonyl (C=O) groups is 1. The Morgan fingerprint density at radius 3 is 3.00 bits per heavy atom. The number of hydrogen-bond donors (Lipinski definition) is 0. The van der Waals surface area contributed by atoms with Crippen molar-refractivity contribution in [3.05, 3.63) is 23.8 Å². The van der Waals surface area contributed by atoms with Gasteiger partial charge in [-0.25, -0.2) is 0 Å². The first-order valence-corrected chi connectivity index (χ1v) is 7.88. The molecule has 0 bridgehead atoms. The Labute approximate surface area is 138 Å². The highest BCUT2D eigenvalue weighted by Crippen LogP contribution is 2.42. The lowest BCUT2D eigenvalue weighted by Crippen LogP contribution is -2.49. The van der Waals surface area contributed by atoms with Crippen LogP contribution in [0.3, 0.4) is 0 Å². The second kappa shape index (κ2) is 7.34. The first kappa shape index (κ1) is 17.1. The van der Waals surface area contributed by atoms with E-state index in [4.69, 9.17) is 9.47 Å². The summed E-state index contributed by atoms with van der Waals surface area (Å²) in [4.78, 5) is 13.7. The summed E-state index contributed by atoms with van der Waals surface area (Å²) in [6.07, 6.45) is 3.58. The Bertz CT molecular complexity index is 533. The van der Waals surface area contributed by atoms with Crippen LogP contribution in [0.5, 0.6) is 11.5 Å². The molecule has 0 spiro atoms. The van der Waals surface area contributed by atoms with Crippen molar-refractivity contribution < 1.29 is 14.3 Å². The third-order valence-corrected chi connectivity index (χ3v) is 4.46. The van der Waals surface area contributed by atoms with Crippen molar-refractivity contribution in [1.82, 2.24) is 4.90 Å². The fourth-order valence-corrected chi connectivity index (χ4v) is 3.63. The Kier molecular flexibility index (Phi) is 5.70. The summed E-state index contributed by atoms with van der Waals surface area (Å²) in [5.74, 6) is 1.78. The van der Waals surface area contributed by atoms with Crippen LogP contribution in [0.15, 0.2) is 18.2 Å². The SMILES string of the molecule is CCCN1CCC[C@@H]2c3cc(OC(C)=O)ccc3OC[C@H]21.Cl. The van der Waals surface area contributed by atoms with Crippen LogP contribution in [-0.2, 0) is 4.79 Å². The summed E-state index contributed by atoms with van der Waals surface area (Å²) < 4.78 is 11.2. The van der Waals surface area contributed by atoms with Crippen molar-refractivity contribution in [3.8, 4) is 11.5 Å². The first-order chi connectivity index (χ1) is 10.2. The van der Waals surface area contributed by atoms with E-state index in [-0.39, 0.29) is 18.4 Å². The Morgan fingerprint density at radius 1 is 1.45 bits per heavy atom. The average Bonchev–Trinajstić information content (AvgIpc) is 2.47. The zero-order chi connectivity index (χ0) is 14.8. The van der Waals surface area contributed by atoms with Gasteiger partial charge in [0.2, 0.25) is 0 Å². The van der Waals surface area contributed by atoms with Crippen LogP contribution in [0.4, 0.5) is 0 Å². The van der Waals surface area contributed by atoms with Crippen molar-refractivity contribution in [2.24, 2.45) is 0 Å². The van der Waals surface area contributed by atoms with Gasteiger partial charge in [-0.1, -0.05) is 6.92 Å². The van der Waals surface area contributed by atoms with Gasteiger partial charge in [0.05, 0.1) is 6.04 Å². The van der Waals surface area contributed by atoms with Crippen molar-refractivity contribution in [1.29, 1.82) is 0 Å². The van der Waals surface area contributed by atoms with Gasteiger partial charge in [0, 0.05) is 18.4 Å². The standard InChI is InChI=1S/C17H23NO3.ClH/c1-3-8-18-9-4-5-14-15-10-13(21-12(2)19)6-7-17(15)20-11-16(14)18;/h6-7,10,14,16H,3-5,8-9,11H2,1-2H3;1H/t14-,16-;/m1./s1. The van der Waals surface area contributed by atoms with E-state index in [1.807, 2.05) is 18.2 Å². The molecule has 1 aromatic rings. The Hall–Kier alpha value is -1.26. The minimum atomic E-state index is -0.278. The van der Waals surface area contributed by atoms with Crippen molar-refractivity contribution in [2.45, 2.75) is 45.1 Å². The molecule has 2 aliphatic heterocycles. The Balaban J connectivity index is 0.00000176. The molecular weight excluding hydrogens is 302 g/mol. The molecule has 0 N–H and O–H groups in total. The van der Waals surface area contributed by atoms with Gasteiger partial charge in [0.15, 0.2) is 0 Å². The summed E-state index contributed by atoms with van der Waals surface area (Å²) in [5.41, 5.74) is 1.20. The van der Waals surface area contributed by atoms with E-state index < -0.39 is 0 Å². The lowest BCUT2D eigenvalue weighted by atomic mass is 9.81. The number of halogens is 1. The zero-order valence-corrected chi connectivity index (χ0v) is 14.0. The van der Waals surface area contributed by atoms with Gasteiger partial charge in [-0.2, -0.15) is 0 Å². The first-order valence-electron chi connectivity index (χ1n) is 7.88. The number of likely N-dealkylation sites (tertiary alicyclic amines) is 1. The predicted octanol–water partition coefficient (Wildman–Crippen LogP) is 3.38. The summed E-state index contributed by atoms with van der Waals surface area (Å²) in [6, 6.07) is 6.19. The summed E-state index contributed by atoms with van der Waals surface area (Å²) in [7, 11) is 0. The van der Waals surface area contributed by atoms with Crippen LogP contribution in [0.25, 0.3) is 0 Å². The summed E-state index contributed by atoms with van der Waals surface area (Å²) in [5, 5.41) is 0. The molecule has 1 aromatic carbocycles. The number of rotatable bonds is 3. The maximum Gasteiger partial charge on any atom is 0.308 e. The molecule has 0 radical (unpaired) electrons. The van der Waals surface area contributed by atoms with E-state index in [1.54, 1.807) is 0 Å². The number of nitrogens with zero attached hydrogens (tertiary/aromatic N) is 1. The van der Waals surface area contributed by atoms with E-state index in [2.05, 4.69) is 11.8 Å². The zero-order valence-electron chi connectivity index (χ0n) is 13.2. The van der Waals surface area contributed by atoms with Crippen LogP contribution >= 0.6 is 12.4 Å². The van der Waals surface area contributed by atoms with Crippen molar-refractivity contribution in [3.63, 3.8) is 0 Å². The normalized spacial score (nSPS) is 23.5. The van der Waals surface area contributed by atoms with Gasteiger partial charge in [-0.05, 0) is 50.6 Å². The molecule has 22 heavy (non-hydrogen) atoms. The van der Waals surface area contributed by atoms with Gasteiger partial charge >= 0.3 is 5.97 Å². The third-order valence-electron chi connectivity index (χ3n) is 4.46. The van der Waals surface area contributed by atoms with Crippen molar-refractivity contribution >= 4 is 18.4 Å². The van der Waals surface area contributed by atoms with Crippen LogP contribution in [0, 0.1) is 0 Å². The van der Waals surface area contributed by atoms with E-state index in [0.717, 1.165) is 25.4 Å². The summed E-state index contributed by atoms with van der Waals surface area (Å²) >= 11 is 0. The number of carbonyl (C=O) groups excluding carboxylic acids is 1. The molecule has 4 nitrogen and oxygen atoms in total. The predicted molar refractivity (Wildman–Crippen MR) is 88.1 cm³/mol. The van der Waals surface area contributed by atoms with Gasteiger partial charge in [-0.3, -0.25) is 9.69 Å². The maximum atomic E-state index is 11.1. The van der Waals surface area contributed by atoms with Crippen LogP contribution in [0.2, 0.25) is 0 Å². The topological polar surface area (TPSA) is 38.8 Å². The van der Waals surface area contributed by atoms with Crippen molar-refractivity contribution in [2.75, 3.05) is 19.7 Å². The molecule has 0 aliphatic carbocycles. The molecule has 2 atom stereocenters. The van der Waals surface area contributed by atoms with Gasteiger partial charge in [-0.15, -0.1) is 12.4 Å². The molecule has 1 saturated heterocycles. The lowest BCUT2D eigenvalue weighted by Gasteiger charge is -2.44. The quantitative estimate of drug-likeness (QED) is 0.631. The van der Waals surface area contributed by atoms with Gasteiger partial charge in [0.1, 0.15) is 18.1 Å². The molecule has 0 aromatic heterocycles. The highest BCUT2D eigenvalue weighted by Gasteiger charge is 2.37.